The molecule has 0 fully saturated rings. The lowest BCUT2D eigenvalue weighted by Gasteiger charge is -2.20. The summed E-state index contributed by atoms with van der Waals surface area (Å²) in [5, 5.41) is 9.49. The summed E-state index contributed by atoms with van der Waals surface area (Å²) in [6.07, 6.45) is 4.72. The van der Waals surface area contributed by atoms with E-state index in [1.807, 2.05) is 13.0 Å². The first-order valence-corrected chi connectivity index (χ1v) is 4.18. The van der Waals surface area contributed by atoms with Crippen molar-refractivity contribution in [2.24, 2.45) is 5.92 Å². The Hall–Kier alpha value is -0.560. The summed E-state index contributed by atoms with van der Waals surface area (Å²) in [5.74, 6) is 0.529. The van der Waals surface area contributed by atoms with E-state index in [9.17, 15) is 5.11 Å². The molecule has 1 aliphatic carbocycles. The summed E-state index contributed by atoms with van der Waals surface area (Å²) in [6, 6.07) is 0. The van der Waals surface area contributed by atoms with Gasteiger partial charge in [0.15, 0.2) is 0 Å². The van der Waals surface area contributed by atoms with Crippen LogP contribution in [0.1, 0.15) is 27.2 Å². The van der Waals surface area contributed by atoms with Crippen LogP contribution in [0.15, 0.2) is 23.3 Å². The van der Waals surface area contributed by atoms with Gasteiger partial charge in [0.05, 0.1) is 6.10 Å². The lowest BCUT2D eigenvalue weighted by Crippen LogP contribution is -2.14. The number of aliphatic hydroxyl groups excluding tert-OH is 1. The third-order valence-corrected chi connectivity index (χ3v) is 2.23. The number of allylic oxidation sites excluding steroid dienone is 2. The highest BCUT2D eigenvalue weighted by Gasteiger charge is 2.14. The minimum atomic E-state index is -0.239. The Morgan fingerprint density at radius 1 is 1.55 bits per heavy atom. The topological polar surface area (TPSA) is 20.2 Å². The van der Waals surface area contributed by atoms with Crippen molar-refractivity contribution < 1.29 is 5.11 Å². The monoisotopic (exact) mass is 152 g/mol. The van der Waals surface area contributed by atoms with E-state index in [4.69, 9.17) is 0 Å². The number of hydrogen-bond acceptors (Lipinski definition) is 1. The summed E-state index contributed by atoms with van der Waals surface area (Å²) >= 11 is 0. The maximum Gasteiger partial charge on any atom is 0.0787 e. The van der Waals surface area contributed by atoms with Crippen molar-refractivity contribution >= 4 is 0 Å². The van der Waals surface area contributed by atoms with Gasteiger partial charge in [0, 0.05) is 0 Å². The van der Waals surface area contributed by atoms with Gasteiger partial charge in [-0.1, -0.05) is 26.0 Å². The lowest BCUT2D eigenvalue weighted by molar-refractivity contribution is 0.210. The van der Waals surface area contributed by atoms with Gasteiger partial charge < -0.3 is 5.11 Å². The third-order valence-electron chi connectivity index (χ3n) is 2.23. The molecule has 0 aromatic heterocycles. The van der Waals surface area contributed by atoms with E-state index in [2.05, 4.69) is 19.9 Å². The molecule has 0 bridgehead atoms. The molecule has 0 spiro atoms. The Kier molecular flexibility index (Phi) is 2.50. The van der Waals surface area contributed by atoms with Crippen LogP contribution in [0.4, 0.5) is 0 Å². The van der Waals surface area contributed by atoms with Crippen LogP contribution in [-0.4, -0.2) is 11.2 Å². The van der Waals surface area contributed by atoms with Crippen molar-refractivity contribution in [2.75, 3.05) is 0 Å². The van der Waals surface area contributed by atoms with E-state index in [0.29, 0.717) is 5.92 Å². The zero-order valence-corrected chi connectivity index (χ0v) is 7.46. The Balaban J connectivity index is 2.89. The molecule has 0 saturated carbocycles. The molecular formula is C10H16O. The molecule has 1 N–H and O–H groups in total. The van der Waals surface area contributed by atoms with Crippen LogP contribution >= 0.6 is 0 Å². The zero-order chi connectivity index (χ0) is 8.43. The summed E-state index contributed by atoms with van der Waals surface area (Å²) < 4.78 is 0. The second-order valence-electron chi connectivity index (χ2n) is 3.45. The minimum absolute atomic E-state index is 0.239. The normalized spacial score (nSPS) is 25.0. The summed E-state index contributed by atoms with van der Waals surface area (Å²) in [5.41, 5.74) is 2.44. The summed E-state index contributed by atoms with van der Waals surface area (Å²) in [7, 11) is 0. The average molecular weight is 152 g/mol. The van der Waals surface area contributed by atoms with Gasteiger partial charge in [0.25, 0.3) is 0 Å². The Morgan fingerprint density at radius 3 is 2.64 bits per heavy atom. The molecule has 0 amide bonds. The van der Waals surface area contributed by atoms with Gasteiger partial charge in [-0.3, -0.25) is 0 Å². The highest BCUT2D eigenvalue weighted by atomic mass is 16.3. The second-order valence-corrected chi connectivity index (χ2v) is 3.45. The molecule has 1 atom stereocenters. The summed E-state index contributed by atoms with van der Waals surface area (Å²) in [4.78, 5) is 0. The van der Waals surface area contributed by atoms with Crippen molar-refractivity contribution in [2.45, 2.75) is 33.3 Å². The molecule has 0 aromatic carbocycles. The number of rotatable bonds is 1. The molecule has 11 heavy (non-hydrogen) atoms. The van der Waals surface area contributed by atoms with E-state index >= 15 is 0 Å². The smallest absolute Gasteiger partial charge is 0.0787 e. The van der Waals surface area contributed by atoms with Gasteiger partial charge in [-0.2, -0.15) is 0 Å². The van der Waals surface area contributed by atoms with Crippen LogP contribution in [0.2, 0.25) is 0 Å². The minimum Gasteiger partial charge on any atom is -0.388 e. The van der Waals surface area contributed by atoms with Crippen molar-refractivity contribution in [3.05, 3.63) is 23.3 Å². The molecule has 1 nitrogen and oxygen atoms in total. The predicted molar refractivity (Wildman–Crippen MR) is 47.3 cm³/mol. The quantitative estimate of drug-likeness (QED) is 0.611. The van der Waals surface area contributed by atoms with Crippen LogP contribution in [0.5, 0.6) is 0 Å². The van der Waals surface area contributed by atoms with Gasteiger partial charge in [-0.15, -0.1) is 0 Å². The Bertz CT molecular complexity index is 199. The molecule has 0 aromatic rings. The second kappa shape index (κ2) is 3.22. The first kappa shape index (κ1) is 8.54. The van der Waals surface area contributed by atoms with E-state index in [0.717, 1.165) is 12.0 Å². The van der Waals surface area contributed by atoms with Gasteiger partial charge in [0.1, 0.15) is 0 Å². The van der Waals surface area contributed by atoms with Crippen LogP contribution in [0, 0.1) is 5.92 Å². The number of aliphatic hydroxyl groups is 1. The van der Waals surface area contributed by atoms with Crippen molar-refractivity contribution in [1.82, 2.24) is 0 Å². The predicted octanol–water partition coefficient (Wildman–Crippen LogP) is 2.28. The first-order valence-electron chi connectivity index (χ1n) is 4.18. The molecule has 1 unspecified atom stereocenters. The maximum absolute atomic E-state index is 9.49. The number of hydrogen-bond donors (Lipinski definition) is 1. The van der Waals surface area contributed by atoms with Crippen molar-refractivity contribution in [3.8, 4) is 0 Å². The maximum atomic E-state index is 9.49. The molecule has 0 saturated heterocycles. The molecular weight excluding hydrogens is 136 g/mol. The highest BCUT2D eigenvalue weighted by molar-refractivity contribution is 5.32. The average Bonchev–Trinajstić information content (AvgIpc) is 1.94. The van der Waals surface area contributed by atoms with Crippen LogP contribution in [0.3, 0.4) is 0 Å². The third kappa shape index (κ3) is 1.72. The lowest BCUT2D eigenvalue weighted by atomic mass is 9.89. The molecule has 0 aliphatic heterocycles. The van der Waals surface area contributed by atoms with Gasteiger partial charge in [-0.25, -0.2) is 0 Å². The molecule has 1 aliphatic rings. The van der Waals surface area contributed by atoms with Crippen molar-refractivity contribution in [3.63, 3.8) is 0 Å². The molecule has 62 valence electrons. The molecule has 0 heterocycles. The fourth-order valence-electron chi connectivity index (χ4n) is 1.47. The molecule has 1 heteroatoms. The van der Waals surface area contributed by atoms with Crippen molar-refractivity contribution in [1.29, 1.82) is 0 Å². The Labute approximate surface area is 68.4 Å². The highest BCUT2D eigenvalue weighted by Crippen LogP contribution is 2.24. The van der Waals surface area contributed by atoms with Gasteiger partial charge in [0.2, 0.25) is 0 Å². The van der Waals surface area contributed by atoms with Crippen LogP contribution in [0.25, 0.3) is 0 Å². The summed E-state index contributed by atoms with van der Waals surface area (Å²) in [6.45, 7) is 6.33. The molecule has 1 rings (SSSR count). The standard InChI is InChI=1S/C10H16O/c1-7(2)9-5-4-6-10(11)8(9)3/h4-5,7,10-11H,6H2,1-3H3. The van der Waals surface area contributed by atoms with Crippen LogP contribution in [-0.2, 0) is 0 Å². The van der Waals surface area contributed by atoms with E-state index in [1.54, 1.807) is 0 Å². The molecule has 0 radical (unpaired) electrons. The van der Waals surface area contributed by atoms with Gasteiger partial charge in [-0.05, 0) is 30.4 Å². The Morgan fingerprint density at radius 2 is 2.18 bits per heavy atom. The fraction of sp³-hybridized carbons (Fsp3) is 0.600. The van der Waals surface area contributed by atoms with Crippen LogP contribution < -0.4 is 0 Å². The first-order chi connectivity index (χ1) is 5.13. The van der Waals surface area contributed by atoms with E-state index in [1.165, 1.54) is 5.57 Å². The van der Waals surface area contributed by atoms with E-state index in [-0.39, 0.29) is 6.10 Å². The van der Waals surface area contributed by atoms with E-state index < -0.39 is 0 Å². The SMILES string of the molecule is CC1=C(C(C)C)C=CCC1O. The fourth-order valence-corrected chi connectivity index (χ4v) is 1.47. The zero-order valence-electron chi connectivity index (χ0n) is 7.46. The largest absolute Gasteiger partial charge is 0.388 e. The van der Waals surface area contributed by atoms with Gasteiger partial charge >= 0.3 is 0 Å².